The monoisotopic (exact) mass is 327 g/mol. The van der Waals surface area contributed by atoms with E-state index in [0.29, 0.717) is 17.5 Å². The second kappa shape index (κ2) is 9.03. The van der Waals surface area contributed by atoms with Gasteiger partial charge >= 0.3 is 0 Å². The zero-order valence-electron chi connectivity index (χ0n) is 14.3. The number of carbonyl (C=O) groups excluding carboxylic acids is 1. The van der Waals surface area contributed by atoms with Crippen LogP contribution < -0.4 is 15.8 Å². The largest absolute Gasteiger partial charge is 0.439 e. The number of carbonyl (C=O) groups is 1. The van der Waals surface area contributed by atoms with Crippen LogP contribution in [-0.2, 0) is 6.42 Å². The molecule has 0 aliphatic heterocycles. The maximum atomic E-state index is 11.0. The van der Waals surface area contributed by atoms with Crippen LogP contribution in [0.4, 0.5) is 0 Å². The number of pyridine rings is 1. The van der Waals surface area contributed by atoms with Crippen LogP contribution in [-0.4, -0.2) is 23.5 Å². The highest BCUT2D eigenvalue weighted by molar-refractivity contribution is 5.92. The molecule has 128 valence electrons. The van der Waals surface area contributed by atoms with Gasteiger partial charge in [-0.25, -0.2) is 4.98 Å². The minimum Gasteiger partial charge on any atom is -0.439 e. The van der Waals surface area contributed by atoms with E-state index >= 15 is 0 Å². The topological polar surface area (TPSA) is 77.2 Å². The minimum absolute atomic E-state index is 0.364. The second-order valence-electron chi connectivity index (χ2n) is 5.89. The number of hydrogen-bond donors (Lipinski definition) is 2. The predicted octanol–water partition coefficient (Wildman–Crippen LogP) is 3.29. The lowest BCUT2D eigenvalue weighted by molar-refractivity contribution is 0.1000. The number of amides is 1. The normalized spacial score (nSPS) is 11.9. The number of aromatic nitrogens is 1. The van der Waals surface area contributed by atoms with Gasteiger partial charge in [0.05, 0.1) is 5.56 Å². The summed E-state index contributed by atoms with van der Waals surface area (Å²) >= 11 is 0. The third-order valence-electron chi connectivity index (χ3n) is 3.78. The summed E-state index contributed by atoms with van der Waals surface area (Å²) in [6.45, 7) is 5.46. The van der Waals surface area contributed by atoms with Gasteiger partial charge in [0.25, 0.3) is 0 Å². The van der Waals surface area contributed by atoms with E-state index in [-0.39, 0.29) is 0 Å². The molecule has 0 saturated carbocycles. The lowest BCUT2D eigenvalue weighted by Crippen LogP contribution is -2.27. The summed E-state index contributed by atoms with van der Waals surface area (Å²) in [5.74, 6) is 0.654. The molecule has 0 aliphatic rings. The van der Waals surface area contributed by atoms with E-state index in [4.69, 9.17) is 10.5 Å². The maximum Gasteiger partial charge on any atom is 0.250 e. The average molecular weight is 327 g/mol. The highest BCUT2D eigenvalue weighted by atomic mass is 16.5. The molecule has 1 heterocycles. The molecule has 2 aromatic rings. The van der Waals surface area contributed by atoms with Crippen LogP contribution in [0.5, 0.6) is 11.6 Å². The number of primary amides is 1. The van der Waals surface area contributed by atoms with E-state index in [0.717, 1.165) is 31.6 Å². The van der Waals surface area contributed by atoms with Gasteiger partial charge in [-0.05, 0) is 56.5 Å². The first-order valence-electron chi connectivity index (χ1n) is 8.34. The van der Waals surface area contributed by atoms with Gasteiger partial charge in [-0.2, -0.15) is 0 Å². The second-order valence-corrected chi connectivity index (χ2v) is 5.89. The number of ether oxygens (including phenoxy) is 1. The van der Waals surface area contributed by atoms with Gasteiger partial charge in [-0.15, -0.1) is 0 Å². The van der Waals surface area contributed by atoms with Crippen LogP contribution in [0.3, 0.4) is 0 Å². The number of nitrogens with one attached hydrogen (secondary N) is 1. The smallest absolute Gasteiger partial charge is 0.250 e. The first kappa shape index (κ1) is 17.9. The Hall–Kier alpha value is -2.40. The summed E-state index contributed by atoms with van der Waals surface area (Å²) in [6.07, 6.45) is 4.71. The van der Waals surface area contributed by atoms with Crippen LogP contribution in [0.1, 0.15) is 42.6 Å². The summed E-state index contributed by atoms with van der Waals surface area (Å²) in [7, 11) is 0. The molecule has 24 heavy (non-hydrogen) atoms. The molecule has 1 atom stereocenters. The van der Waals surface area contributed by atoms with Crippen molar-refractivity contribution in [2.24, 2.45) is 5.73 Å². The summed E-state index contributed by atoms with van der Waals surface area (Å²) in [6, 6.07) is 11.8. The number of rotatable bonds is 9. The van der Waals surface area contributed by atoms with Crippen molar-refractivity contribution in [3.8, 4) is 11.6 Å². The van der Waals surface area contributed by atoms with Gasteiger partial charge in [0.2, 0.25) is 11.8 Å². The van der Waals surface area contributed by atoms with Crippen LogP contribution in [0.25, 0.3) is 0 Å². The van der Waals surface area contributed by atoms with Crippen molar-refractivity contribution in [1.82, 2.24) is 10.3 Å². The van der Waals surface area contributed by atoms with Crippen molar-refractivity contribution in [2.45, 2.75) is 39.2 Å². The molecule has 5 nitrogen and oxygen atoms in total. The molecule has 2 rings (SSSR count). The SMILES string of the molecule is CCCNC(C)CCc1ccc(Oc2ccc(C(N)=O)cn2)cc1. The van der Waals surface area contributed by atoms with Gasteiger partial charge in [-0.1, -0.05) is 19.1 Å². The van der Waals surface area contributed by atoms with Crippen LogP contribution in [0.2, 0.25) is 0 Å². The molecule has 0 bridgehead atoms. The van der Waals surface area contributed by atoms with Crippen molar-refractivity contribution >= 4 is 5.91 Å². The van der Waals surface area contributed by atoms with Crippen molar-refractivity contribution in [3.63, 3.8) is 0 Å². The van der Waals surface area contributed by atoms with Crippen LogP contribution >= 0.6 is 0 Å². The fourth-order valence-corrected chi connectivity index (χ4v) is 2.31. The molecular weight excluding hydrogens is 302 g/mol. The number of nitrogens with zero attached hydrogens (tertiary/aromatic N) is 1. The molecule has 1 aromatic carbocycles. The molecule has 0 spiro atoms. The molecule has 0 radical (unpaired) electrons. The Morgan fingerprint density at radius 3 is 2.58 bits per heavy atom. The molecule has 3 N–H and O–H groups in total. The maximum absolute atomic E-state index is 11.0. The number of hydrogen-bond acceptors (Lipinski definition) is 4. The first-order chi connectivity index (χ1) is 11.6. The fourth-order valence-electron chi connectivity index (χ4n) is 2.31. The standard InChI is InChI=1S/C19H25N3O2/c1-3-12-21-14(2)4-5-15-6-9-17(10-7-15)24-18-11-8-16(13-22-18)19(20)23/h6-11,13-14,21H,3-5,12H2,1-2H3,(H2,20,23). The highest BCUT2D eigenvalue weighted by Crippen LogP contribution is 2.20. The van der Waals surface area contributed by atoms with Crippen molar-refractivity contribution < 1.29 is 9.53 Å². The highest BCUT2D eigenvalue weighted by Gasteiger charge is 2.04. The lowest BCUT2D eigenvalue weighted by atomic mass is 10.1. The van der Waals surface area contributed by atoms with Crippen molar-refractivity contribution in [1.29, 1.82) is 0 Å². The first-order valence-corrected chi connectivity index (χ1v) is 8.34. The molecule has 1 unspecified atom stereocenters. The zero-order chi connectivity index (χ0) is 17.4. The Bertz CT molecular complexity index is 639. The Morgan fingerprint density at radius 2 is 2.00 bits per heavy atom. The predicted molar refractivity (Wildman–Crippen MR) is 95.3 cm³/mol. The Balaban J connectivity index is 1.86. The van der Waals surface area contributed by atoms with Gasteiger partial charge < -0.3 is 15.8 Å². The third-order valence-corrected chi connectivity index (χ3v) is 3.78. The molecular formula is C19H25N3O2. The Kier molecular flexibility index (Phi) is 6.75. The quantitative estimate of drug-likeness (QED) is 0.741. The number of aryl methyl sites for hydroxylation is 1. The molecule has 0 saturated heterocycles. The summed E-state index contributed by atoms with van der Waals surface area (Å²) in [5, 5.41) is 3.49. The summed E-state index contributed by atoms with van der Waals surface area (Å²) in [5.41, 5.74) is 6.83. The Morgan fingerprint density at radius 1 is 1.25 bits per heavy atom. The fraction of sp³-hybridized carbons (Fsp3) is 0.368. The lowest BCUT2D eigenvalue weighted by Gasteiger charge is -2.13. The molecule has 1 amide bonds. The van der Waals surface area contributed by atoms with Gasteiger partial charge in [0, 0.05) is 18.3 Å². The zero-order valence-corrected chi connectivity index (χ0v) is 14.3. The van der Waals surface area contributed by atoms with Gasteiger partial charge in [0.15, 0.2) is 0 Å². The van der Waals surface area contributed by atoms with E-state index in [1.165, 1.54) is 11.8 Å². The van der Waals surface area contributed by atoms with E-state index in [1.807, 2.05) is 12.1 Å². The minimum atomic E-state index is -0.499. The molecule has 0 fully saturated rings. The van der Waals surface area contributed by atoms with Gasteiger partial charge in [0.1, 0.15) is 5.75 Å². The van der Waals surface area contributed by atoms with Crippen LogP contribution in [0, 0.1) is 0 Å². The van der Waals surface area contributed by atoms with Crippen molar-refractivity contribution in [3.05, 3.63) is 53.7 Å². The molecule has 1 aromatic heterocycles. The Labute approximate surface area is 143 Å². The van der Waals surface area contributed by atoms with E-state index in [9.17, 15) is 4.79 Å². The third kappa shape index (κ3) is 5.66. The number of benzene rings is 1. The average Bonchev–Trinajstić information content (AvgIpc) is 2.60. The molecule has 5 heteroatoms. The van der Waals surface area contributed by atoms with E-state index < -0.39 is 5.91 Å². The van der Waals surface area contributed by atoms with Crippen LogP contribution in [0.15, 0.2) is 42.6 Å². The summed E-state index contributed by atoms with van der Waals surface area (Å²) in [4.78, 5) is 15.1. The van der Waals surface area contributed by atoms with Crippen molar-refractivity contribution in [2.75, 3.05) is 6.54 Å². The van der Waals surface area contributed by atoms with Gasteiger partial charge in [-0.3, -0.25) is 4.79 Å². The number of nitrogens with two attached hydrogens (primary N) is 1. The summed E-state index contributed by atoms with van der Waals surface area (Å²) < 4.78 is 5.67. The molecule has 0 aliphatic carbocycles. The van der Waals surface area contributed by atoms with E-state index in [1.54, 1.807) is 12.1 Å². The van der Waals surface area contributed by atoms with E-state index in [2.05, 4.69) is 36.3 Å².